The van der Waals surface area contributed by atoms with Gasteiger partial charge < -0.3 is 9.84 Å². The molecule has 17 heavy (non-hydrogen) atoms. The van der Waals surface area contributed by atoms with E-state index in [4.69, 9.17) is 9.84 Å². The highest BCUT2D eigenvalue weighted by Crippen LogP contribution is 2.23. The van der Waals surface area contributed by atoms with Crippen LogP contribution in [0, 0.1) is 17.8 Å². The van der Waals surface area contributed by atoms with E-state index in [9.17, 15) is 9.59 Å². The molecule has 0 amide bonds. The molecule has 100 valence electrons. The van der Waals surface area contributed by atoms with Crippen molar-refractivity contribution >= 4 is 11.9 Å². The van der Waals surface area contributed by atoms with Gasteiger partial charge in [0.25, 0.3) is 0 Å². The molecule has 1 N–H and O–H groups in total. The van der Waals surface area contributed by atoms with E-state index in [0.29, 0.717) is 6.42 Å². The Bertz CT molecular complexity index is 276. The van der Waals surface area contributed by atoms with Crippen LogP contribution in [0.3, 0.4) is 0 Å². The largest absolute Gasteiger partial charge is 0.481 e. The van der Waals surface area contributed by atoms with Gasteiger partial charge in [-0.05, 0) is 33.1 Å². The SMILES string of the molecule is CC(C)C[C@@H](C(=O)O)[C@H](C)C(=O)OC(C)(C)C. The normalized spacial score (nSPS) is 15.5. The molecule has 4 heteroatoms. The number of ether oxygens (including phenoxy) is 1. The predicted octanol–water partition coefficient (Wildman–Crippen LogP) is 2.71. The first-order valence-corrected chi connectivity index (χ1v) is 6.00. The summed E-state index contributed by atoms with van der Waals surface area (Å²) < 4.78 is 5.21. The lowest BCUT2D eigenvalue weighted by atomic mass is 9.86. The van der Waals surface area contributed by atoms with Gasteiger partial charge in [0.15, 0.2) is 0 Å². The molecule has 0 aliphatic rings. The maximum absolute atomic E-state index is 11.8. The Hall–Kier alpha value is -1.06. The van der Waals surface area contributed by atoms with Crippen LogP contribution in [-0.2, 0) is 14.3 Å². The second kappa shape index (κ2) is 6.03. The second-order valence-corrected chi connectivity index (χ2v) is 5.90. The van der Waals surface area contributed by atoms with E-state index < -0.39 is 29.4 Å². The van der Waals surface area contributed by atoms with Gasteiger partial charge >= 0.3 is 11.9 Å². The summed E-state index contributed by atoms with van der Waals surface area (Å²) in [7, 11) is 0. The number of carbonyl (C=O) groups excluding carboxylic acids is 1. The molecular weight excluding hydrogens is 220 g/mol. The molecule has 0 aromatic heterocycles. The van der Waals surface area contributed by atoms with Crippen LogP contribution < -0.4 is 0 Å². The number of rotatable bonds is 5. The molecule has 0 aromatic carbocycles. The second-order valence-electron chi connectivity index (χ2n) is 5.90. The Morgan fingerprint density at radius 3 is 1.94 bits per heavy atom. The summed E-state index contributed by atoms with van der Waals surface area (Å²) in [6.07, 6.45) is 0.482. The van der Waals surface area contributed by atoms with Crippen molar-refractivity contribution in [2.45, 2.75) is 53.6 Å². The summed E-state index contributed by atoms with van der Waals surface area (Å²) >= 11 is 0. The molecule has 0 aliphatic heterocycles. The van der Waals surface area contributed by atoms with Crippen molar-refractivity contribution in [1.29, 1.82) is 0 Å². The van der Waals surface area contributed by atoms with E-state index in [-0.39, 0.29) is 5.92 Å². The van der Waals surface area contributed by atoms with Crippen molar-refractivity contribution in [3.05, 3.63) is 0 Å². The van der Waals surface area contributed by atoms with E-state index in [1.54, 1.807) is 27.7 Å². The predicted molar refractivity (Wildman–Crippen MR) is 65.6 cm³/mol. The minimum absolute atomic E-state index is 0.237. The number of carboxylic acid groups (broad SMARTS) is 1. The number of esters is 1. The van der Waals surface area contributed by atoms with Gasteiger partial charge in [0.2, 0.25) is 0 Å². The molecule has 0 rings (SSSR count). The average molecular weight is 244 g/mol. The molecular formula is C13H24O4. The van der Waals surface area contributed by atoms with Crippen LogP contribution in [-0.4, -0.2) is 22.6 Å². The van der Waals surface area contributed by atoms with Crippen LogP contribution in [0.4, 0.5) is 0 Å². The van der Waals surface area contributed by atoms with Crippen molar-refractivity contribution in [2.24, 2.45) is 17.8 Å². The topological polar surface area (TPSA) is 63.6 Å². The van der Waals surface area contributed by atoms with Crippen molar-refractivity contribution in [2.75, 3.05) is 0 Å². The Balaban J connectivity index is 4.67. The highest BCUT2D eigenvalue weighted by Gasteiger charge is 2.33. The van der Waals surface area contributed by atoms with Gasteiger partial charge in [-0.2, -0.15) is 0 Å². The van der Waals surface area contributed by atoms with Gasteiger partial charge in [0.05, 0.1) is 11.8 Å². The van der Waals surface area contributed by atoms with E-state index in [0.717, 1.165) is 0 Å². The summed E-state index contributed by atoms with van der Waals surface area (Å²) in [6, 6.07) is 0. The summed E-state index contributed by atoms with van der Waals surface area (Å²) in [5, 5.41) is 9.13. The highest BCUT2D eigenvalue weighted by atomic mass is 16.6. The van der Waals surface area contributed by atoms with Crippen LogP contribution in [0.25, 0.3) is 0 Å². The van der Waals surface area contributed by atoms with Crippen molar-refractivity contribution in [3.8, 4) is 0 Å². The average Bonchev–Trinajstić information content (AvgIpc) is 2.09. The molecule has 2 atom stereocenters. The van der Waals surface area contributed by atoms with Crippen molar-refractivity contribution in [1.82, 2.24) is 0 Å². The first-order chi connectivity index (χ1) is 7.54. The van der Waals surface area contributed by atoms with Gasteiger partial charge in [0, 0.05) is 0 Å². The first-order valence-electron chi connectivity index (χ1n) is 6.00. The quantitative estimate of drug-likeness (QED) is 0.755. The monoisotopic (exact) mass is 244 g/mol. The van der Waals surface area contributed by atoms with Crippen LogP contribution in [0.5, 0.6) is 0 Å². The van der Waals surface area contributed by atoms with E-state index in [2.05, 4.69) is 0 Å². The summed E-state index contributed by atoms with van der Waals surface area (Å²) in [5.41, 5.74) is -0.577. The van der Waals surface area contributed by atoms with E-state index >= 15 is 0 Å². The molecule has 0 spiro atoms. The molecule has 0 bridgehead atoms. The van der Waals surface area contributed by atoms with Gasteiger partial charge in [0.1, 0.15) is 5.60 Å². The van der Waals surface area contributed by atoms with Crippen molar-refractivity contribution < 1.29 is 19.4 Å². The Labute approximate surface area is 103 Å². The number of hydrogen-bond acceptors (Lipinski definition) is 3. The summed E-state index contributed by atoms with van der Waals surface area (Å²) in [6.45, 7) is 10.8. The number of hydrogen-bond donors (Lipinski definition) is 1. The fraction of sp³-hybridized carbons (Fsp3) is 0.846. The lowest BCUT2D eigenvalue weighted by molar-refractivity contribution is -0.166. The minimum Gasteiger partial charge on any atom is -0.481 e. The molecule has 0 saturated carbocycles. The Kier molecular flexibility index (Phi) is 5.66. The number of aliphatic carboxylic acids is 1. The summed E-state index contributed by atoms with van der Waals surface area (Å²) in [5.74, 6) is -2.43. The van der Waals surface area contributed by atoms with E-state index in [1.165, 1.54) is 0 Å². The smallest absolute Gasteiger partial charge is 0.310 e. The minimum atomic E-state index is -0.933. The lowest BCUT2D eigenvalue weighted by Crippen LogP contribution is -2.34. The van der Waals surface area contributed by atoms with Gasteiger partial charge in [-0.3, -0.25) is 9.59 Å². The fourth-order valence-corrected chi connectivity index (χ4v) is 1.59. The van der Waals surface area contributed by atoms with Crippen LogP contribution in [0.1, 0.15) is 48.0 Å². The lowest BCUT2D eigenvalue weighted by Gasteiger charge is -2.25. The molecule has 0 unspecified atom stereocenters. The van der Waals surface area contributed by atoms with Crippen LogP contribution in [0.2, 0.25) is 0 Å². The Morgan fingerprint density at radius 1 is 1.18 bits per heavy atom. The first kappa shape index (κ1) is 15.9. The molecule has 4 nitrogen and oxygen atoms in total. The van der Waals surface area contributed by atoms with Gasteiger partial charge in [-0.1, -0.05) is 20.8 Å². The third-order valence-electron chi connectivity index (χ3n) is 2.42. The third kappa shape index (κ3) is 6.29. The zero-order valence-electron chi connectivity index (χ0n) is 11.6. The summed E-state index contributed by atoms with van der Waals surface area (Å²) in [4.78, 5) is 22.9. The molecule has 0 aromatic rings. The molecule has 0 saturated heterocycles. The molecule has 0 fully saturated rings. The number of carboxylic acids is 1. The molecule has 0 radical (unpaired) electrons. The molecule has 0 aliphatic carbocycles. The fourth-order valence-electron chi connectivity index (χ4n) is 1.59. The maximum atomic E-state index is 11.8. The highest BCUT2D eigenvalue weighted by molar-refractivity contribution is 5.81. The van der Waals surface area contributed by atoms with Crippen LogP contribution in [0.15, 0.2) is 0 Å². The zero-order valence-corrected chi connectivity index (χ0v) is 11.6. The van der Waals surface area contributed by atoms with Crippen molar-refractivity contribution in [3.63, 3.8) is 0 Å². The van der Waals surface area contributed by atoms with Gasteiger partial charge in [-0.15, -0.1) is 0 Å². The van der Waals surface area contributed by atoms with E-state index in [1.807, 2.05) is 13.8 Å². The standard InChI is InChI=1S/C13H24O4/c1-8(2)7-10(11(14)15)9(3)12(16)17-13(4,5)6/h8-10H,7H2,1-6H3,(H,14,15)/t9-,10+/m0/s1. The van der Waals surface area contributed by atoms with Crippen LogP contribution >= 0.6 is 0 Å². The zero-order chi connectivity index (χ0) is 13.8. The third-order valence-corrected chi connectivity index (χ3v) is 2.42. The Morgan fingerprint density at radius 2 is 1.65 bits per heavy atom. The van der Waals surface area contributed by atoms with Gasteiger partial charge in [-0.25, -0.2) is 0 Å². The molecule has 0 heterocycles. The number of carbonyl (C=O) groups is 2. The maximum Gasteiger partial charge on any atom is 0.310 e.